The molecule has 2 aromatic rings. The van der Waals surface area contributed by atoms with Crippen LogP contribution in [0.2, 0.25) is 0 Å². The Bertz CT molecular complexity index is 969. The second-order valence-electron chi connectivity index (χ2n) is 7.32. The monoisotopic (exact) mass is 425 g/mol. The number of benzene rings is 2. The fourth-order valence-electron chi connectivity index (χ4n) is 3.81. The van der Waals surface area contributed by atoms with Crippen LogP contribution in [0.3, 0.4) is 0 Å². The molecule has 0 aliphatic carbocycles. The first-order chi connectivity index (χ1) is 14.1. The molecular formula is C22H20F5NO2. The minimum Gasteiger partial charge on any atom is -0.467 e. The summed E-state index contributed by atoms with van der Waals surface area (Å²) < 4.78 is 77.3. The number of hydrogen-bond donors (Lipinski definition) is 0. The minimum atomic E-state index is -4.88. The lowest BCUT2D eigenvalue weighted by atomic mass is 9.87. The molecule has 0 radical (unpaired) electrons. The van der Waals surface area contributed by atoms with Crippen LogP contribution in [0.25, 0.3) is 11.5 Å². The van der Waals surface area contributed by atoms with Crippen LogP contribution in [0, 0.1) is 11.7 Å². The first-order valence-corrected chi connectivity index (χ1v) is 9.25. The fraction of sp³-hybridized carbons (Fsp3) is 0.318. The van der Waals surface area contributed by atoms with Crippen molar-refractivity contribution in [1.82, 2.24) is 4.90 Å². The molecule has 30 heavy (non-hydrogen) atoms. The lowest BCUT2D eigenvalue weighted by molar-refractivity contribution is -0.189. The number of carbonyl (C=O) groups is 1. The van der Waals surface area contributed by atoms with Crippen LogP contribution in [0.4, 0.5) is 22.0 Å². The zero-order valence-corrected chi connectivity index (χ0v) is 16.5. The normalized spacial score (nSPS) is 17.8. The number of nitrogens with zero attached hydrogens (tertiary/aromatic N) is 1. The van der Waals surface area contributed by atoms with E-state index in [0.717, 1.165) is 30.2 Å². The van der Waals surface area contributed by atoms with Crippen LogP contribution in [0.1, 0.15) is 36.6 Å². The Labute approximate surface area is 170 Å². The first-order valence-electron chi connectivity index (χ1n) is 9.25. The Morgan fingerprint density at radius 2 is 1.70 bits per heavy atom. The maximum Gasteiger partial charge on any atom is 0.413 e. The highest BCUT2D eigenvalue weighted by Crippen LogP contribution is 2.51. The summed E-state index contributed by atoms with van der Waals surface area (Å²) in [7, 11) is 1.07. The van der Waals surface area contributed by atoms with Crippen molar-refractivity contribution in [2.24, 2.45) is 5.92 Å². The van der Waals surface area contributed by atoms with E-state index in [4.69, 9.17) is 4.74 Å². The lowest BCUT2D eigenvalue weighted by Gasteiger charge is -2.45. The van der Waals surface area contributed by atoms with Gasteiger partial charge in [-0.2, -0.15) is 13.2 Å². The number of hydrogen-bond acceptors (Lipinski definition) is 3. The molecule has 0 aromatic heterocycles. The van der Waals surface area contributed by atoms with Gasteiger partial charge in [-0.25, -0.2) is 13.6 Å². The lowest BCUT2D eigenvalue weighted by Crippen LogP contribution is -2.51. The van der Waals surface area contributed by atoms with Gasteiger partial charge in [0.2, 0.25) is 0 Å². The highest BCUT2D eigenvalue weighted by atomic mass is 19.4. The maximum absolute atomic E-state index is 15.7. The van der Waals surface area contributed by atoms with Gasteiger partial charge in [0, 0.05) is 11.1 Å². The van der Waals surface area contributed by atoms with E-state index in [0.29, 0.717) is 0 Å². The van der Waals surface area contributed by atoms with Crippen molar-refractivity contribution in [3.05, 3.63) is 71.0 Å². The summed E-state index contributed by atoms with van der Waals surface area (Å²) in [6.45, 7) is 3.10. The molecule has 0 amide bonds. The van der Waals surface area contributed by atoms with Gasteiger partial charge in [-0.15, -0.1) is 0 Å². The molecule has 0 N–H and O–H groups in total. The smallest absolute Gasteiger partial charge is 0.413 e. The molecule has 3 rings (SSSR count). The molecule has 1 heterocycles. The molecule has 0 spiro atoms. The van der Waals surface area contributed by atoms with Crippen molar-refractivity contribution in [3.63, 3.8) is 0 Å². The maximum atomic E-state index is 15.7. The SMILES string of the molecule is COC(=O)[C@H](C(C)C)N1C(c2ccccc2)=C(F)c2cc(F)ccc2C1C(F)(F)F. The van der Waals surface area contributed by atoms with Gasteiger partial charge in [0.1, 0.15) is 11.9 Å². The second kappa shape index (κ2) is 8.08. The molecule has 1 unspecified atom stereocenters. The summed E-state index contributed by atoms with van der Waals surface area (Å²) in [6, 6.07) is 6.29. The minimum absolute atomic E-state index is 0.133. The largest absolute Gasteiger partial charge is 0.467 e. The quantitative estimate of drug-likeness (QED) is 0.462. The highest BCUT2D eigenvalue weighted by Gasteiger charge is 2.53. The summed E-state index contributed by atoms with van der Waals surface area (Å²) in [6.07, 6.45) is -4.88. The fourth-order valence-corrected chi connectivity index (χ4v) is 3.81. The van der Waals surface area contributed by atoms with Crippen molar-refractivity contribution in [3.8, 4) is 0 Å². The number of alkyl halides is 3. The third kappa shape index (κ3) is 3.78. The van der Waals surface area contributed by atoms with Crippen molar-refractivity contribution >= 4 is 17.5 Å². The van der Waals surface area contributed by atoms with E-state index >= 15 is 4.39 Å². The average Bonchev–Trinajstić information content (AvgIpc) is 2.68. The van der Waals surface area contributed by atoms with Gasteiger partial charge in [-0.05, 0) is 23.6 Å². The van der Waals surface area contributed by atoms with Crippen LogP contribution in [0.5, 0.6) is 0 Å². The molecule has 2 atom stereocenters. The van der Waals surface area contributed by atoms with Crippen molar-refractivity contribution in [2.75, 3.05) is 7.11 Å². The second-order valence-corrected chi connectivity index (χ2v) is 7.32. The topological polar surface area (TPSA) is 29.5 Å². The van der Waals surface area contributed by atoms with Crippen LogP contribution in [0.15, 0.2) is 48.5 Å². The van der Waals surface area contributed by atoms with Crippen molar-refractivity contribution < 1.29 is 31.5 Å². The average molecular weight is 425 g/mol. The summed E-state index contributed by atoms with van der Waals surface area (Å²) in [4.78, 5) is 13.3. The van der Waals surface area contributed by atoms with E-state index in [2.05, 4.69) is 0 Å². The highest BCUT2D eigenvalue weighted by molar-refractivity contribution is 5.92. The molecule has 3 nitrogen and oxygen atoms in total. The zero-order valence-electron chi connectivity index (χ0n) is 16.5. The van der Waals surface area contributed by atoms with Crippen molar-refractivity contribution in [2.45, 2.75) is 32.1 Å². The van der Waals surface area contributed by atoms with E-state index in [-0.39, 0.29) is 5.56 Å². The summed E-state index contributed by atoms with van der Waals surface area (Å²) in [5.74, 6) is -3.47. The molecule has 8 heteroatoms. The van der Waals surface area contributed by atoms with Gasteiger partial charge >= 0.3 is 12.1 Å². The van der Waals surface area contributed by atoms with Crippen molar-refractivity contribution in [1.29, 1.82) is 0 Å². The van der Waals surface area contributed by atoms with E-state index in [1.165, 1.54) is 12.1 Å². The Hall–Kier alpha value is -2.90. The Kier molecular flexibility index (Phi) is 5.87. The van der Waals surface area contributed by atoms with Gasteiger partial charge in [-0.3, -0.25) is 0 Å². The van der Waals surface area contributed by atoms with Gasteiger partial charge in [-0.1, -0.05) is 50.2 Å². The van der Waals surface area contributed by atoms with Crippen LogP contribution >= 0.6 is 0 Å². The predicted octanol–water partition coefficient (Wildman–Crippen LogP) is 5.74. The standard InChI is InChI=1S/C22H20F5NO2/c1-12(2)18(21(29)30-3)28-19(13-7-5-4-6-8-13)17(24)16-11-14(23)9-10-15(16)20(28)22(25,26)27/h4-12,18,20H,1-3H3/t18-,20?/m0/s1. The zero-order chi connectivity index (χ0) is 22.2. The molecular weight excluding hydrogens is 405 g/mol. The number of carbonyl (C=O) groups excluding carboxylic acids is 1. The summed E-state index contributed by atoms with van der Waals surface area (Å²) >= 11 is 0. The molecule has 1 aliphatic rings. The summed E-state index contributed by atoms with van der Waals surface area (Å²) in [5.41, 5.74) is -1.25. The molecule has 160 valence electrons. The number of rotatable bonds is 4. The molecule has 1 aliphatic heterocycles. The first kappa shape index (κ1) is 21.8. The number of methoxy groups -OCH3 is 1. The van der Waals surface area contributed by atoms with Gasteiger partial charge in [0.05, 0.1) is 12.8 Å². The van der Waals surface area contributed by atoms with E-state index in [1.54, 1.807) is 32.0 Å². The number of fused-ring (bicyclic) bond motifs is 1. The molecule has 0 fully saturated rings. The molecule has 0 saturated carbocycles. The van der Waals surface area contributed by atoms with Gasteiger partial charge in [0.15, 0.2) is 11.9 Å². The summed E-state index contributed by atoms with van der Waals surface area (Å²) in [5, 5.41) is 0. The van der Waals surface area contributed by atoms with E-state index in [1.807, 2.05) is 0 Å². The van der Waals surface area contributed by atoms with E-state index < -0.39 is 58.6 Å². The Morgan fingerprint density at radius 3 is 2.23 bits per heavy atom. The molecule has 0 saturated heterocycles. The predicted molar refractivity (Wildman–Crippen MR) is 102 cm³/mol. The molecule has 2 aromatic carbocycles. The number of halogens is 5. The Morgan fingerprint density at radius 1 is 1.07 bits per heavy atom. The van der Waals surface area contributed by atoms with Crippen LogP contribution < -0.4 is 0 Å². The van der Waals surface area contributed by atoms with Crippen LogP contribution in [-0.4, -0.2) is 30.2 Å². The number of esters is 1. The third-order valence-electron chi connectivity index (χ3n) is 5.02. The third-order valence-corrected chi connectivity index (χ3v) is 5.02. The number of ether oxygens (including phenoxy) is 1. The van der Waals surface area contributed by atoms with Crippen LogP contribution in [-0.2, 0) is 9.53 Å². The Balaban J connectivity index is 2.41. The molecule has 0 bridgehead atoms. The van der Waals surface area contributed by atoms with Gasteiger partial charge < -0.3 is 9.64 Å². The van der Waals surface area contributed by atoms with Gasteiger partial charge in [0.25, 0.3) is 0 Å². The van der Waals surface area contributed by atoms with E-state index in [9.17, 15) is 22.4 Å².